The number of sulfonamides is 1. The predicted octanol–water partition coefficient (Wildman–Crippen LogP) is 3.76. The predicted molar refractivity (Wildman–Crippen MR) is 107 cm³/mol. The number of hydrogen-bond donors (Lipinski definition) is 1. The highest BCUT2D eigenvalue weighted by Gasteiger charge is 2.24. The molecule has 27 heavy (non-hydrogen) atoms. The van der Waals surface area contributed by atoms with Crippen LogP contribution in [0.15, 0.2) is 53.4 Å². The molecule has 1 N–H and O–H groups in total. The standard InChI is InChI=1S/C20H26N2O4S/c1-4-13-22(14-5-2)27(24,25)19-8-6-7-16(15-19)20(23)21-17-9-11-18(26-3)12-10-17/h6-12,15H,4-5,13-14H2,1-3H3,(H,21,23). The molecule has 0 fully saturated rings. The number of nitrogens with zero attached hydrogens (tertiary/aromatic N) is 1. The molecule has 0 saturated carbocycles. The summed E-state index contributed by atoms with van der Waals surface area (Å²) in [5.41, 5.74) is 0.896. The molecule has 0 atom stereocenters. The number of carbonyl (C=O) groups excluding carboxylic acids is 1. The topological polar surface area (TPSA) is 75.7 Å². The summed E-state index contributed by atoms with van der Waals surface area (Å²) in [6, 6.07) is 13.1. The van der Waals surface area contributed by atoms with E-state index in [1.165, 1.54) is 16.4 Å². The van der Waals surface area contributed by atoms with E-state index in [2.05, 4.69) is 5.32 Å². The normalized spacial score (nSPS) is 11.4. The highest BCUT2D eigenvalue weighted by molar-refractivity contribution is 7.89. The lowest BCUT2D eigenvalue weighted by Crippen LogP contribution is -2.32. The van der Waals surface area contributed by atoms with Gasteiger partial charge in [0.2, 0.25) is 10.0 Å². The second kappa shape index (κ2) is 9.53. The minimum Gasteiger partial charge on any atom is -0.497 e. The summed E-state index contributed by atoms with van der Waals surface area (Å²) in [7, 11) is -2.06. The number of amides is 1. The van der Waals surface area contributed by atoms with E-state index in [0.29, 0.717) is 30.1 Å². The Balaban J connectivity index is 2.23. The van der Waals surface area contributed by atoms with Gasteiger partial charge in [-0.25, -0.2) is 8.42 Å². The van der Waals surface area contributed by atoms with Crippen LogP contribution in [0.1, 0.15) is 37.0 Å². The zero-order valence-corrected chi connectivity index (χ0v) is 16.8. The first-order chi connectivity index (χ1) is 12.9. The first kappa shape index (κ1) is 20.9. The van der Waals surface area contributed by atoms with E-state index in [1.54, 1.807) is 43.5 Å². The van der Waals surface area contributed by atoms with Crippen molar-refractivity contribution in [1.82, 2.24) is 4.31 Å². The van der Waals surface area contributed by atoms with Gasteiger partial charge in [0.25, 0.3) is 5.91 Å². The highest BCUT2D eigenvalue weighted by Crippen LogP contribution is 2.20. The van der Waals surface area contributed by atoms with E-state index in [-0.39, 0.29) is 10.8 Å². The van der Waals surface area contributed by atoms with Crippen LogP contribution in [0.5, 0.6) is 5.75 Å². The van der Waals surface area contributed by atoms with Gasteiger partial charge >= 0.3 is 0 Å². The molecule has 0 aromatic heterocycles. The maximum Gasteiger partial charge on any atom is 0.255 e. The summed E-state index contributed by atoms with van der Waals surface area (Å²) in [6.07, 6.45) is 1.47. The number of rotatable bonds is 9. The van der Waals surface area contributed by atoms with Gasteiger partial charge < -0.3 is 10.1 Å². The Labute approximate surface area is 161 Å². The van der Waals surface area contributed by atoms with Crippen LogP contribution in [0.4, 0.5) is 5.69 Å². The zero-order chi connectivity index (χ0) is 19.9. The molecular formula is C20H26N2O4S. The van der Waals surface area contributed by atoms with E-state index < -0.39 is 10.0 Å². The number of benzene rings is 2. The van der Waals surface area contributed by atoms with Crippen molar-refractivity contribution in [2.75, 3.05) is 25.5 Å². The van der Waals surface area contributed by atoms with Crippen molar-refractivity contribution in [3.63, 3.8) is 0 Å². The molecule has 2 rings (SSSR count). The largest absolute Gasteiger partial charge is 0.497 e. The van der Waals surface area contributed by atoms with Crippen molar-refractivity contribution in [1.29, 1.82) is 0 Å². The first-order valence-electron chi connectivity index (χ1n) is 8.98. The van der Waals surface area contributed by atoms with Crippen molar-refractivity contribution in [2.45, 2.75) is 31.6 Å². The minimum atomic E-state index is -3.63. The van der Waals surface area contributed by atoms with Gasteiger partial charge in [-0.3, -0.25) is 4.79 Å². The fourth-order valence-corrected chi connectivity index (χ4v) is 4.35. The molecule has 0 aliphatic heterocycles. The number of anilines is 1. The van der Waals surface area contributed by atoms with Crippen molar-refractivity contribution in [2.24, 2.45) is 0 Å². The molecule has 0 radical (unpaired) electrons. The molecular weight excluding hydrogens is 364 g/mol. The lowest BCUT2D eigenvalue weighted by atomic mass is 10.2. The molecule has 6 nitrogen and oxygen atoms in total. The molecule has 146 valence electrons. The Kier molecular flexibility index (Phi) is 7.38. The van der Waals surface area contributed by atoms with Crippen molar-refractivity contribution >= 4 is 21.6 Å². The highest BCUT2D eigenvalue weighted by atomic mass is 32.2. The second-order valence-corrected chi connectivity index (χ2v) is 8.05. The van der Waals surface area contributed by atoms with E-state index in [0.717, 1.165) is 12.8 Å². The van der Waals surface area contributed by atoms with Gasteiger partial charge in [0.05, 0.1) is 12.0 Å². The van der Waals surface area contributed by atoms with Gasteiger partial charge in [-0.15, -0.1) is 0 Å². The average molecular weight is 391 g/mol. The Morgan fingerprint density at radius 2 is 1.67 bits per heavy atom. The van der Waals surface area contributed by atoms with Crippen LogP contribution in [0.3, 0.4) is 0 Å². The molecule has 2 aromatic carbocycles. The van der Waals surface area contributed by atoms with E-state index >= 15 is 0 Å². The van der Waals surface area contributed by atoms with Crippen LogP contribution in [-0.4, -0.2) is 38.8 Å². The molecule has 0 bridgehead atoms. The number of ether oxygens (including phenoxy) is 1. The lowest BCUT2D eigenvalue weighted by Gasteiger charge is -2.21. The van der Waals surface area contributed by atoms with Crippen molar-refractivity contribution in [3.05, 3.63) is 54.1 Å². The Hall–Kier alpha value is -2.38. The van der Waals surface area contributed by atoms with Gasteiger partial charge in [0.1, 0.15) is 5.75 Å². The zero-order valence-electron chi connectivity index (χ0n) is 15.9. The number of nitrogens with one attached hydrogen (secondary N) is 1. The molecule has 0 spiro atoms. The van der Waals surface area contributed by atoms with E-state index in [4.69, 9.17) is 4.74 Å². The van der Waals surface area contributed by atoms with Gasteiger partial charge in [0, 0.05) is 24.3 Å². The number of carbonyl (C=O) groups is 1. The van der Waals surface area contributed by atoms with Crippen molar-refractivity contribution < 1.29 is 17.9 Å². The third-order valence-corrected chi connectivity index (χ3v) is 5.92. The molecule has 2 aromatic rings. The van der Waals surface area contributed by atoms with Crippen LogP contribution < -0.4 is 10.1 Å². The van der Waals surface area contributed by atoms with Crippen LogP contribution in [0.25, 0.3) is 0 Å². The molecule has 0 unspecified atom stereocenters. The lowest BCUT2D eigenvalue weighted by molar-refractivity contribution is 0.102. The summed E-state index contributed by atoms with van der Waals surface area (Å²) < 4.78 is 32.3. The monoisotopic (exact) mass is 390 g/mol. The minimum absolute atomic E-state index is 0.131. The van der Waals surface area contributed by atoms with Crippen LogP contribution in [-0.2, 0) is 10.0 Å². The van der Waals surface area contributed by atoms with Gasteiger partial charge in [-0.2, -0.15) is 4.31 Å². The molecule has 0 aliphatic carbocycles. The van der Waals surface area contributed by atoms with E-state index in [9.17, 15) is 13.2 Å². The first-order valence-corrected chi connectivity index (χ1v) is 10.4. The average Bonchev–Trinajstić information content (AvgIpc) is 2.68. The number of methoxy groups -OCH3 is 1. The van der Waals surface area contributed by atoms with Crippen LogP contribution in [0, 0.1) is 0 Å². The van der Waals surface area contributed by atoms with Crippen LogP contribution >= 0.6 is 0 Å². The SMILES string of the molecule is CCCN(CCC)S(=O)(=O)c1cccc(C(=O)Nc2ccc(OC)cc2)c1. The Morgan fingerprint density at radius 1 is 1.04 bits per heavy atom. The molecule has 0 heterocycles. The molecule has 0 saturated heterocycles. The third kappa shape index (κ3) is 5.30. The Morgan fingerprint density at radius 3 is 2.22 bits per heavy atom. The summed E-state index contributed by atoms with van der Waals surface area (Å²) in [6.45, 7) is 4.80. The number of hydrogen-bond acceptors (Lipinski definition) is 4. The summed E-state index contributed by atoms with van der Waals surface area (Å²) in [5, 5.41) is 2.76. The summed E-state index contributed by atoms with van der Waals surface area (Å²) in [5.74, 6) is 0.322. The Bertz CT molecular complexity index is 858. The van der Waals surface area contributed by atoms with Crippen LogP contribution in [0.2, 0.25) is 0 Å². The van der Waals surface area contributed by atoms with Gasteiger partial charge in [-0.05, 0) is 55.3 Å². The quantitative estimate of drug-likeness (QED) is 0.707. The van der Waals surface area contributed by atoms with Gasteiger partial charge in [0.15, 0.2) is 0 Å². The second-order valence-electron chi connectivity index (χ2n) is 6.11. The maximum absolute atomic E-state index is 12.9. The third-order valence-electron chi connectivity index (χ3n) is 4.03. The molecule has 0 aliphatic rings. The van der Waals surface area contributed by atoms with Crippen molar-refractivity contribution in [3.8, 4) is 5.75 Å². The summed E-state index contributed by atoms with van der Waals surface area (Å²) >= 11 is 0. The molecule has 7 heteroatoms. The van der Waals surface area contributed by atoms with Gasteiger partial charge in [-0.1, -0.05) is 19.9 Å². The smallest absolute Gasteiger partial charge is 0.255 e. The summed E-state index contributed by atoms with van der Waals surface area (Å²) in [4.78, 5) is 12.6. The fourth-order valence-electron chi connectivity index (χ4n) is 2.68. The van der Waals surface area contributed by atoms with E-state index in [1.807, 2.05) is 13.8 Å². The maximum atomic E-state index is 12.9. The molecule has 1 amide bonds. The fraction of sp³-hybridized carbons (Fsp3) is 0.350.